The Bertz CT molecular complexity index is 822. The first-order chi connectivity index (χ1) is 13.7. The first-order valence-electron chi connectivity index (χ1n) is 11.9. The quantitative estimate of drug-likeness (QED) is 0.379. The van der Waals surface area contributed by atoms with Gasteiger partial charge in [-0.2, -0.15) is 0 Å². The van der Waals surface area contributed by atoms with Crippen LogP contribution in [-0.2, 0) is 4.74 Å². The van der Waals surface area contributed by atoms with Crippen molar-refractivity contribution in [1.82, 2.24) is 0 Å². The molecule has 1 aliphatic heterocycles. The Hall–Kier alpha value is -1.09. The van der Waals surface area contributed by atoms with Crippen molar-refractivity contribution in [2.24, 2.45) is 51.5 Å². The fourth-order valence-electron chi connectivity index (χ4n) is 9.70. The third-order valence-corrected chi connectivity index (χ3v) is 10.8. The van der Waals surface area contributed by atoms with Crippen molar-refractivity contribution in [3.63, 3.8) is 0 Å². The summed E-state index contributed by atoms with van der Waals surface area (Å²) in [5, 5.41) is 13.0. The highest BCUT2D eigenvalue weighted by molar-refractivity contribution is 5.96. The molecule has 7 aliphatic rings. The third kappa shape index (κ3) is 1.72. The lowest BCUT2D eigenvalue weighted by atomic mass is 9.46. The maximum Gasteiger partial charge on any atom is 0.0957 e. The second-order valence-electron chi connectivity index (χ2n) is 11.2. The van der Waals surface area contributed by atoms with Gasteiger partial charge in [0.1, 0.15) is 0 Å². The van der Waals surface area contributed by atoms with Gasteiger partial charge in [0.2, 0.25) is 0 Å². The number of rotatable bonds is 1. The lowest BCUT2D eigenvalue weighted by molar-refractivity contribution is -0.146. The first kappa shape index (κ1) is 16.7. The minimum absolute atomic E-state index is 0.0815. The number of allylic oxidation sites excluding steroid dienone is 2. The van der Waals surface area contributed by atoms with Gasteiger partial charge in [0.05, 0.1) is 17.9 Å². The second-order valence-corrected chi connectivity index (χ2v) is 11.2. The van der Waals surface area contributed by atoms with E-state index in [0.717, 1.165) is 54.2 Å². The van der Waals surface area contributed by atoms with Crippen LogP contribution in [0, 0.1) is 46.3 Å². The molecule has 3 nitrogen and oxygen atoms in total. The molecule has 0 radical (unpaired) electrons. The van der Waals surface area contributed by atoms with Crippen molar-refractivity contribution >= 4 is 5.71 Å². The van der Waals surface area contributed by atoms with Crippen LogP contribution < -0.4 is 0 Å². The Morgan fingerprint density at radius 1 is 1.18 bits per heavy atom. The first-order valence-corrected chi connectivity index (χ1v) is 11.9. The van der Waals surface area contributed by atoms with Crippen LogP contribution in [-0.4, -0.2) is 23.1 Å². The lowest BCUT2D eigenvalue weighted by Gasteiger charge is -2.60. The zero-order valence-electron chi connectivity index (χ0n) is 17.1. The van der Waals surface area contributed by atoms with Crippen molar-refractivity contribution in [3.8, 4) is 0 Å². The van der Waals surface area contributed by atoms with Gasteiger partial charge in [-0.15, -0.1) is 0 Å². The summed E-state index contributed by atoms with van der Waals surface area (Å²) in [6.07, 6.45) is 19.0. The van der Waals surface area contributed by atoms with Crippen LogP contribution in [0.4, 0.5) is 0 Å². The minimum Gasteiger partial charge on any atom is -0.411 e. The number of nitrogens with zero attached hydrogens (tertiary/aromatic N) is 1. The highest BCUT2D eigenvalue weighted by atomic mass is 16.5. The van der Waals surface area contributed by atoms with Gasteiger partial charge < -0.3 is 9.94 Å². The van der Waals surface area contributed by atoms with E-state index in [1.54, 1.807) is 5.57 Å². The number of oxime groups is 1. The maximum absolute atomic E-state index is 9.37. The molecule has 1 N–H and O–H groups in total. The average molecular weight is 380 g/mol. The fourth-order valence-corrected chi connectivity index (χ4v) is 9.70. The van der Waals surface area contributed by atoms with E-state index in [9.17, 15) is 5.21 Å². The molecular weight excluding hydrogens is 346 g/mol. The summed E-state index contributed by atoms with van der Waals surface area (Å²) in [4.78, 5) is 0. The standard InChI is InChI=1S/C25H33NO2/c1-2-24-8-6-16-17-5-4-15(26-27)12-20(17)23(9-10-23)14-19(16)22(24)18-13-21(18)25(24)7-3-11-28-25/h3,7,12,16-19,21-22,27H,2,4-6,8-11,13-14H2,1H3/b26-15+/t16?,17-,18?,19?,21?,22?,24+,25+/m1/s1. The van der Waals surface area contributed by atoms with E-state index >= 15 is 0 Å². The number of hydrogen-bond acceptors (Lipinski definition) is 3. The van der Waals surface area contributed by atoms with E-state index in [4.69, 9.17) is 4.74 Å². The van der Waals surface area contributed by atoms with Crippen molar-refractivity contribution < 1.29 is 9.94 Å². The van der Waals surface area contributed by atoms with E-state index in [2.05, 4.69) is 30.3 Å². The summed E-state index contributed by atoms with van der Waals surface area (Å²) < 4.78 is 6.64. The van der Waals surface area contributed by atoms with Gasteiger partial charge in [0, 0.05) is 5.41 Å². The summed E-state index contributed by atoms with van der Waals surface area (Å²) in [6, 6.07) is 0. The molecule has 0 amide bonds. The molecule has 150 valence electrons. The molecule has 0 bridgehead atoms. The van der Waals surface area contributed by atoms with Gasteiger partial charge >= 0.3 is 0 Å². The molecule has 5 saturated carbocycles. The van der Waals surface area contributed by atoms with Crippen LogP contribution >= 0.6 is 0 Å². The molecule has 2 spiro atoms. The molecule has 0 aromatic rings. The average Bonchev–Trinajstić information content (AvgIpc) is 3.63. The Kier molecular flexibility index (Phi) is 3.06. The van der Waals surface area contributed by atoms with Crippen LogP contribution in [0.2, 0.25) is 0 Å². The van der Waals surface area contributed by atoms with Crippen molar-refractivity contribution in [3.05, 3.63) is 23.8 Å². The number of ether oxygens (including phenoxy) is 1. The predicted octanol–water partition coefficient (Wildman–Crippen LogP) is 5.35. The summed E-state index contributed by atoms with van der Waals surface area (Å²) in [5.74, 6) is 5.14. The summed E-state index contributed by atoms with van der Waals surface area (Å²) in [5.41, 5.74) is 3.57. The second kappa shape index (κ2) is 5.14. The smallest absolute Gasteiger partial charge is 0.0957 e. The van der Waals surface area contributed by atoms with Gasteiger partial charge in [-0.1, -0.05) is 29.8 Å². The zero-order valence-corrected chi connectivity index (χ0v) is 17.1. The van der Waals surface area contributed by atoms with E-state index in [-0.39, 0.29) is 5.60 Å². The Morgan fingerprint density at radius 3 is 2.79 bits per heavy atom. The predicted molar refractivity (Wildman–Crippen MR) is 108 cm³/mol. The molecule has 5 fully saturated rings. The Balaban J connectivity index is 1.32. The summed E-state index contributed by atoms with van der Waals surface area (Å²) in [7, 11) is 0. The van der Waals surface area contributed by atoms with Crippen molar-refractivity contribution in [2.45, 2.75) is 70.3 Å². The molecule has 0 saturated heterocycles. The number of hydrogen-bond donors (Lipinski definition) is 1. The molecule has 8 atom stereocenters. The molecule has 5 unspecified atom stereocenters. The SMILES string of the molecule is CC[C@]12CCC3C(CC4(CC4)C4=C/C(=N/O)CC[C@@H]43)C1C1CC1[C@@]21C=CCO1. The Morgan fingerprint density at radius 2 is 2.07 bits per heavy atom. The van der Waals surface area contributed by atoms with E-state index in [1.807, 2.05) is 0 Å². The molecule has 0 aromatic carbocycles. The van der Waals surface area contributed by atoms with Crippen molar-refractivity contribution in [1.29, 1.82) is 0 Å². The summed E-state index contributed by atoms with van der Waals surface area (Å²) >= 11 is 0. The molecular formula is C25H33NO2. The fraction of sp³-hybridized carbons (Fsp3) is 0.800. The molecule has 7 rings (SSSR count). The van der Waals surface area contributed by atoms with Gasteiger partial charge in [-0.25, -0.2) is 0 Å². The molecule has 28 heavy (non-hydrogen) atoms. The van der Waals surface area contributed by atoms with Crippen LogP contribution in [0.15, 0.2) is 29.0 Å². The van der Waals surface area contributed by atoms with E-state index in [1.165, 1.54) is 51.4 Å². The highest BCUT2D eigenvalue weighted by Crippen LogP contribution is 2.80. The van der Waals surface area contributed by atoms with Gasteiger partial charge in [-0.05, 0) is 105 Å². The van der Waals surface area contributed by atoms with Crippen LogP contribution in [0.5, 0.6) is 0 Å². The van der Waals surface area contributed by atoms with Gasteiger partial charge in [-0.3, -0.25) is 0 Å². The highest BCUT2D eigenvalue weighted by Gasteiger charge is 2.78. The number of fused-ring (bicyclic) bond motifs is 10. The van der Waals surface area contributed by atoms with Gasteiger partial charge in [0.25, 0.3) is 0 Å². The van der Waals surface area contributed by atoms with Crippen LogP contribution in [0.1, 0.15) is 64.7 Å². The topological polar surface area (TPSA) is 41.8 Å². The van der Waals surface area contributed by atoms with E-state index < -0.39 is 0 Å². The van der Waals surface area contributed by atoms with E-state index in [0.29, 0.717) is 10.8 Å². The molecule has 6 aliphatic carbocycles. The Labute approximate surface area is 168 Å². The zero-order chi connectivity index (χ0) is 18.7. The monoisotopic (exact) mass is 379 g/mol. The van der Waals surface area contributed by atoms with Crippen molar-refractivity contribution in [2.75, 3.05) is 6.61 Å². The minimum atomic E-state index is 0.0815. The molecule has 3 heteroatoms. The maximum atomic E-state index is 9.37. The third-order valence-electron chi connectivity index (χ3n) is 10.8. The van der Waals surface area contributed by atoms with Gasteiger partial charge in [0.15, 0.2) is 0 Å². The van der Waals surface area contributed by atoms with Crippen LogP contribution in [0.25, 0.3) is 0 Å². The van der Waals surface area contributed by atoms with Crippen LogP contribution in [0.3, 0.4) is 0 Å². The molecule has 0 aromatic heterocycles. The summed E-state index contributed by atoms with van der Waals surface area (Å²) in [6.45, 7) is 3.30. The normalized spacial score (nSPS) is 55.6. The lowest BCUT2D eigenvalue weighted by Crippen LogP contribution is -2.56. The molecule has 1 heterocycles. The largest absolute Gasteiger partial charge is 0.411 e.